The maximum atomic E-state index is 11.0. The lowest BCUT2D eigenvalue weighted by atomic mass is 10.2. The molecule has 0 aromatic heterocycles. The van der Waals surface area contributed by atoms with Gasteiger partial charge in [-0.25, -0.2) is 0 Å². The first-order valence-electron chi connectivity index (χ1n) is 9.31. The summed E-state index contributed by atoms with van der Waals surface area (Å²) in [5.41, 5.74) is -2.07. The number of nitrogens with zero attached hydrogens (tertiary/aromatic N) is 8. The van der Waals surface area contributed by atoms with E-state index < -0.39 is 42.4 Å². The Bertz CT molecular complexity index is 1050. The SMILES string of the molecule is O=[N+]([O-])c1ccc(N=NCCCCCN=Nc2ccc([N+](=O)[O-])cc2[N+](=O)[O-])c([N+](=O)[O-])c1. The molecule has 0 aliphatic heterocycles. The summed E-state index contributed by atoms with van der Waals surface area (Å²) >= 11 is 0. The van der Waals surface area contributed by atoms with Gasteiger partial charge in [-0.15, -0.1) is 10.2 Å². The van der Waals surface area contributed by atoms with Crippen molar-refractivity contribution >= 4 is 34.1 Å². The molecule has 2 aromatic carbocycles. The van der Waals surface area contributed by atoms with Crippen LogP contribution in [0.4, 0.5) is 34.1 Å². The summed E-state index contributed by atoms with van der Waals surface area (Å²) in [7, 11) is 0. The largest absolute Gasteiger partial charge is 0.303 e. The van der Waals surface area contributed by atoms with Gasteiger partial charge in [-0.1, -0.05) is 0 Å². The number of nitro groups is 4. The third kappa shape index (κ3) is 7.16. The van der Waals surface area contributed by atoms with Crippen LogP contribution in [-0.4, -0.2) is 32.8 Å². The highest BCUT2D eigenvalue weighted by molar-refractivity contribution is 5.62. The number of nitro benzene ring substituents is 4. The molecule has 0 saturated carbocycles. The number of benzene rings is 2. The molecular weight excluding hydrogens is 444 g/mol. The standard InChI is InChI=1S/C17H16N8O8/c26-22(27)12-4-6-14(16(10-12)24(30)31)20-18-8-2-1-3-9-19-21-15-7-5-13(23(28)29)11-17(15)25(32)33/h4-7,10-11H,1-3,8-9H2. The molecule has 16 nitrogen and oxygen atoms in total. The van der Waals surface area contributed by atoms with Crippen molar-refractivity contribution in [2.45, 2.75) is 19.3 Å². The summed E-state index contributed by atoms with van der Waals surface area (Å²) in [5, 5.41) is 58.7. The molecule has 2 aromatic rings. The highest BCUT2D eigenvalue weighted by atomic mass is 16.6. The first-order valence-corrected chi connectivity index (χ1v) is 9.31. The van der Waals surface area contributed by atoms with Gasteiger partial charge in [0.1, 0.15) is 0 Å². The van der Waals surface area contributed by atoms with E-state index in [0.717, 1.165) is 36.4 Å². The molecule has 0 fully saturated rings. The van der Waals surface area contributed by atoms with Gasteiger partial charge in [-0.2, -0.15) is 10.2 Å². The summed E-state index contributed by atoms with van der Waals surface area (Å²) in [5.74, 6) is 0. The van der Waals surface area contributed by atoms with Crippen LogP contribution in [0.15, 0.2) is 56.9 Å². The van der Waals surface area contributed by atoms with Crippen LogP contribution in [-0.2, 0) is 0 Å². The first kappa shape index (κ1) is 24.5. The van der Waals surface area contributed by atoms with Gasteiger partial charge in [0.25, 0.3) is 11.4 Å². The quantitative estimate of drug-likeness (QED) is 0.173. The van der Waals surface area contributed by atoms with E-state index in [1.54, 1.807) is 0 Å². The van der Waals surface area contributed by atoms with E-state index in [0.29, 0.717) is 19.3 Å². The predicted molar refractivity (Wildman–Crippen MR) is 112 cm³/mol. The molecular formula is C17H16N8O8. The van der Waals surface area contributed by atoms with E-state index in [1.807, 2.05) is 0 Å². The molecule has 172 valence electrons. The topological polar surface area (TPSA) is 222 Å². The second kappa shape index (κ2) is 11.6. The van der Waals surface area contributed by atoms with E-state index in [9.17, 15) is 40.5 Å². The molecule has 2 rings (SSSR count). The molecule has 0 saturated heterocycles. The van der Waals surface area contributed by atoms with Crippen molar-refractivity contribution in [3.63, 3.8) is 0 Å². The summed E-state index contributed by atoms with van der Waals surface area (Å²) < 4.78 is 0. The van der Waals surface area contributed by atoms with Crippen molar-refractivity contribution in [1.82, 2.24) is 0 Å². The summed E-state index contributed by atoms with van der Waals surface area (Å²) in [6.07, 6.45) is 1.78. The van der Waals surface area contributed by atoms with Gasteiger partial charge >= 0.3 is 11.4 Å². The molecule has 0 N–H and O–H groups in total. The fourth-order valence-corrected chi connectivity index (χ4v) is 2.51. The third-order valence-corrected chi connectivity index (χ3v) is 4.11. The second-order valence-corrected chi connectivity index (χ2v) is 6.37. The molecule has 0 aliphatic rings. The Morgan fingerprint density at radius 3 is 1.30 bits per heavy atom. The summed E-state index contributed by atoms with van der Waals surface area (Å²) in [6.45, 7) is 0.498. The summed E-state index contributed by atoms with van der Waals surface area (Å²) in [4.78, 5) is 40.5. The van der Waals surface area contributed by atoms with Crippen LogP contribution in [0.3, 0.4) is 0 Å². The number of azo groups is 2. The average Bonchev–Trinajstić information content (AvgIpc) is 2.77. The molecule has 0 bridgehead atoms. The molecule has 0 radical (unpaired) electrons. The van der Waals surface area contributed by atoms with Crippen molar-refractivity contribution in [3.8, 4) is 0 Å². The molecule has 0 amide bonds. The van der Waals surface area contributed by atoms with Crippen LogP contribution in [0.2, 0.25) is 0 Å². The Balaban J connectivity index is 1.82. The fraction of sp³-hybridized carbons (Fsp3) is 0.294. The molecule has 0 atom stereocenters. The average molecular weight is 460 g/mol. The van der Waals surface area contributed by atoms with Gasteiger partial charge in [-0.05, 0) is 31.4 Å². The lowest BCUT2D eigenvalue weighted by Crippen LogP contribution is -1.93. The Hall–Kier alpha value is -4.76. The van der Waals surface area contributed by atoms with Gasteiger partial charge in [-0.3, -0.25) is 40.5 Å². The van der Waals surface area contributed by atoms with E-state index in [4.69, 9.17) is 0 Å². The van der Waals surface area contributed by atoms with Crippen molar-refractivity contribution in [2.75, 3.05) is 13.1 Å². The van der Waals surface area contributed by atoms with E-state index >= 15 is 0 Å². The van der Waals surface area contributed by atoms with Crippen molar-refractivity contribution in [2.24, 2.45) is 20.5 Å². The predicted octanol–water partition coefficient (Wildman–Crippen LogP) is 5.36. The highest BCUT2D eigenvalue weighted by Crippen LogP contribution is 2.32. The zero-order chi connectivity index (χ0) is 24.4. The van der Waals surface area contributed by atoms with E-state index in [2.05, 4.69) is 20.5 Å². The van der Waals surface area contributed by atoms with Crippen molar-refractivity contribution in [1.29, 1.82) is 0 Å². The fourth-order valence-electron chi connectivity index (χ4n) is 2.51. The zero-order valence-corrected chi connectivity index (χ0v) is 16.8. The van der Waals surface area contributed by atoms with Crippen LogP contribution >= 0.6 is 0 Å². The lowest BCUT2D eigenvalue weighted by molar-refractivity contribution is -0.394. The highest BCUT2D eigenvalue weighted by Gasteiger charge is 2.20. The van der Waals surface area contributed by atoms with Crippen LogP contribution in [0.5, 0.6) is 0 Å². The third-order valence-electron chi connectivity index (χ3n) is 4.11. The van der Waals surface area contributed by atoms with Crippen molar-refractivity contribution < 1.29 is 19.7 Å². The minimum absolute atomic E-state index is 0.0934. The monoisotopic (exact) mass is 460 g/mol. The summed E-state index contributed by atoms with van der Waals surface area (Å²) in [6, 6.07) is 6.13. The Kier molecular flexibility index (Phi) is 8.60. The Morgan fingerprint density at radius 2 is 0.970 bits per heavy atom. The maximum Gasteiger partial charge on any atom is 0.303 e. The van der Waals surface area contributed by atoms with Crippen LogP contribution in [0.25, 0.3) is 0 Å². The normalized spacial score (nSPS) is 11.2. The Morgan fingerprint density at radius 1 is 0.576 bits per heavy atom. The minimum Gasteiger partial charge on any atom is -0.258 e. The van der Waals surface area contributed by atoms with E-state index in [-0.39, 0.29) is 24.5 Å². The van der Waals surface area contributed by atoms with Crippen molar-refractivity contribution in [3.05, 3.63) is 76.9 Å². The lowest BCUT2D eigenvalue weighted by Gasteiger charge is -1.98. The Labute approximate surface area is 184 Å². The van der Waals surface area contributed by atoms with E-state index in [1.165, 1.54) is 0 Å². The second-order valence-electron chi connectivity index (χ2n) is 6.37. The number of hydrogen-bond donors (Lipinski definition) is 0. The number of non-ortho nitro benzene ring substituents is 2. The molecule has 0 unspecified atom stereocenters. The van der Waals surface area contributed by atoms with Crippen LogP contribution in [0.1, 0.15) is 19.3 Å². The number of hydrogen-bond acceptors (Lipinski definition) is 12. The molecule has 33 heavy (non-hydrogen) atoms. The maximum absolute atomic E-state index is 11.0. The van der Waals surface area contributed by atoms with Gasteiger partial charge in [0, 0.05) is 12.1 Å². The smallest absolute Gasteiger partial charge is 0.258 e. The van der Waals surface area contributed by atoms with Crippen LogP contribution in [0, 0.1) is 40.5 Å². The van der Waals surface area contributed by atoms with Gasteiger partial charge in [0.05, 0.1) is 44.9 Å². The van der Waals surface area contributed by atoms with Gasteiger partial charge < -0.3 is 0 Å². The number of unbranched alkanes of at least 4 members (excludes halogenated alkanes) is 2. The molecule has 0 spiro atoms. The molecule has 16 heteroatoms. The van der Waals surface area contributed by atoms with Gasteiger partial charge in [0.2, 0.25) is 0 Å². The molecule has 0 heterocycles. The molecule has 0 aliphatic carbocycles. The number of rotatable bonds is 12. The van der Waals surface area contributed by atoms with Crippen LogP contribution < -0.4 is 0 Å². The first-order chi connectivity index (χ1) is 15.7. The zero-order valence-electron chi connectivity index (χ0n) is 16.8. The minimum atomic E-state index is -0.776. The van der Waals surface area contributed by atoms with Gasteiger partial charge in [0.15, 0.2) is 11.4 Å².